The van der Waals surface area contributed by atoms with Crippen LogP contribution in [0.3, 0.4) is 0 Å². The maximum absolute atomic E-state index is 8.52. The Morgan fingerprint density at radius 1 is 0.471 bits per heavy atom. The summed E-state index contributed by atoms with van der Waals surface area (Å²) in [5.74, 6) is 0. The fraction of sp³-hybridized carbons (Fsp3) is 0. The van der Waals surface area contributed by atoms with Crippen LogP contribution in [-0.2, 0) is 29.8 Å². The van der Waals surface area contributed by atoms with Crippen molar-refractivity contribution in [1.29, 1.82) is 0 Å². The van der Waals surface area contributed by atoms with E-state index in [0.717, 1.165) is 0 Å². The van der Waals surface area contributed by atoms with Gasteiger partial charge in [-0.3, -0.25) is 0 Å². The van der Waals surface area contributed by atoms with Crippen molar-refractivity contribution in [3.8, 4) is 0 Å². The Kier molecular flexibility index (Phi) is 131. The fourth-order valence-corrected chi connectivity index (χ4v) is 0. The molecule has 0 amide bonds. The third-order valence-electron chi connectivity index (χ3n) is 0. The van der Waals surface area contributed by atoms with E-state index >= 15 is 0 Å². The summed E-state index contributed by atoms with van der Waals surface area (Å²) in [4.78, 5) is 51.1. The zero-order valence-electron chi connectivity index (χ0n) is 7.40. The van der Waals surface area contributed by atoms with Crippen LogP contribution in [0.2, 0.25) is 0 Å². The summed E-state index contributed by atoms with van der Waals surface area (Å²) in [6.07, 6.45) is 0. The van der Waals surface area contributed by atoms with Crippen molar-refractivity contribution < 1.29 is 142 Å². The molecule has 12 nitrogen and oxygen atoms in total. The summed E-state index contributed by atoms with van der Waals surface area (Å²) >= 11 is 0. The van der Waals surface area contributed by atoms with Crippen molar-refractivity contribution in [2.24, 2.45) is 0 Å². The van der Waals surface area contributed by atoms with Crippen LogP contribution >= 0.6 is 0 Å². The molecule has 17 heteroatoms. The second-order valence-electron chi connectivity index (χ2n) is 0.750. The molecule has 0 N–H and O–H groups in total. The first kappa shape index (κ1) is 51.4. The second-order valence-corrected chi connectivity index (χ2v) is 2.25. The van der Waals surface area contributed by atoms with Gasteiger partial charge in [-0.2, -0.15) is 0 Å². The van der Waals surface area contributed by atoms with Crippen molar-refractivity contribution in [2.45, 2.75) is 0 Å². The molecular weight excluding hydrogens is 556 g/mol. The van der Waals surface area contributed by atoms with Gasteiger partial charge in [-0.15, -0.1) is 0 Å². The smallest absolute Gasteiger partial charge is 2.00 e. The molecule has 0 unspecified atom stereocenters. The van der Waals surface area contributed by atoms with Gasteiger partial charge in [-0.05, 0) is 0 Å². The van der Waals surface area contributed by atoms with E-state index in [-0.39, 0.29) is 99.9 Å². The summed E-state index contributed by atoms with van der Waals surface area (Å²) in [5.41, 5.74) is 0. The van der Waals surface area contributed by atoms with E-state index in [2.05, 4.69) is 0 Å². The first-order valence-electron chi connectivity index (χ1n) is 1.84. The molecule has 2 radical (unpaired) electrons. The fourth-order valence-electron chi connectivity index (χ4n) is 0. The zero-order valence-corrected chi connectivity index (χ0v) is 16.7. The van der Waals surface area contributed by atoms with Crippen molar-refractivity contribution >= 4 is 27.5 Å². The van der Waals surface area contributed by atoms with Crippen LogP contribution in [-0.4, -0.2) is 27.5 Å². The largest absolute Gasteiger partial charge is 3.00 e. The molecule has 0 aromatic carbocycles. The summed E-state index contributed by atoms with van der Waals surface area (Å²) in [5, 5.41) is 0. The van der Waals surface area contributed by atoms with Gasteiger partial charge in [-0.1, -0.05) is 0 Å². The summed E-state index contributed by atoms with van der Waals surface area (Å²) < 4.78 is 25.6. The minimum atomic E-state index is -3.63. The summed E-state index contributed by atoms with van der Waals surface area (Å²) in [6, 6.07) is 0. The van der Waals surface area contributed by atoms with E-state index in [1.165, 1.54) is 0 Å². The van der Waals surface area contributed by atoms with E-state index in [4.69, 9.17) is 42.2 Å². The van der Waals surface area contributed by atoms with Gasteiger partial charge in [0.1, 0.15) is 0 Å². The molecule has 0 spiro atoms. The molecule has 0 fully saturated rings. The molecule has 0 aliphatic rings. The number of hydrogen-bond acceptors (Lipinski definition) is 9. The standard InChI is InChI=1S/2Ce.3O3Si.3O/c;;3*1-4(2)3;;;/q2*+3;6*-2. The summed E-state index contributed by atoms with van der Waals surface area (Å²) in [6.45, 7) is 0. The van der Waals surface area contributed by atoms with Gasteiger partial charge in [-0.25, -0.2) is 0 Å². The van der Waals surface area contributed by atoms with Gasteiger partial charge in [0.05, 0.1) is 0 Å². The van der Waals surface area contributed by atoms with E-state index in [9.17, 15) is 0 Å². The molecule has 98 valence electrons. The molecule has 0 saturated heterocycles. The SMILES string of the molecule is O=[Si]([O-])[O-].O=[Si]([O-])[O-].O=[Si]([O-])[O-].[Ce+3].[Ce+3].[O-2].[O-2].[O-2]. The number of rotatable bonds is 0. The second kappa shape index (κ2) is 43.2. The molecule has 0 bridgehead atoms. The van der Waals surface area contributed by atoms with Crippen LogP contribution in [0.4, 0.5) is 0 Å². The van der Waals surface area contributed by atoms with Gasteiger partial charge in [0.25, 0.3) is 0 Å². The van der Waals surface area contributed by atoms with Crippen LogP contribution in [0.5, 0.6) is 0 Å². The van der Waals surface area contributed by atoms with Gasteiger partial charge in [0.2, 0.25) is 0 Å². The van der Waals surface area contributed by atoms with Crippen molar-refractivity contribution in [3.05, 3.63) is 0 Å². The third kappa shape index (κ3) is 1900. The Bertz CT molecular complexity index is 117. The van der Waals surface area contributed by atoms with E-state index < -0.39 is 27.5 Å². The first-order chi connectivity index (χ1) is 5.20. The predicted molar refractivity (Wildman–Crippen MR) is 21.4 cm³/mol. The average Bonchev–Trinajstić information content (AvgIpc) is 1.54. The van der Waals surface area contributed by atoms with Crippen LogP contribution in [0.15, 0.2) is 0 Å². The molecule has 0 aliphatic heterocycles. The first-order valence-corrected chi connectivity index (χ1v) is 5.51. The number of hydrogen-bond donors (Lipinski definition) is 0. The van der Waals surface area contributed by atoms with E-state index in [0.29, 0.717) is 0 Å². The Morgan fingerprint density at radius 2 is 0.471 bits per heavy atom. The Balaban J connectivity index is -0.0000000104. The van der Waals surface area contributed by atoms with Crippen molar-refractivity contribution in [2.75, 3.05) is 0 Å². The molecule has 0 aromatic heterocycles. The minimum Gasteiger partial charge on any atom is -2.00 e. The topological polar surface area (TPSA) is 275 Å². The Hall–Kier alpha value is 1.48. The predicted octanol–water partition coefficient (Wildman–Crippen LogP) is -8.99. The molecular formula is Ce2O12Si3-6. The van der Waals surface area contributed by atoms with Gasteiger partial charge in [0, 0.05) is 27.5 Å². The van der Waals surface area contributed by atoms with Crippen LogP contribution in [0, 0.1) is 83.5 Å². The van der Waals surface area contributed by atoms with Gasteiger partial charge < -0.3 is 58.6 Å². The van der Waals surface area contributed by atoms with E-state index in [1.54, 1.807) is 0 Å². The maximum atomic E-state index is 8.52. The molecule has 17 heavy (non-hydrogen) atoms. The molecule has 0 atom stereocenters. The van der Waals surface area contributed by atoms with Gasteiger partial charge >= 0.3 is 83.5 Å². The van der Waals surface area contributed by atoms with Crippen LogP contribution in [0.1, 0.15) is 0 Å². The quantitative estimate of drug-likeness (QED) is 0.256. The summed E-state index contributed by atoms with van der Waals surface area (Å²) in [7, 11) is -10.9. The Labute approximate surface area is 167 Å². The Morgan fingerprint density at radius 3 is 0.471 bits per heavy atom. The molecule has 0 rings (SSSR count). The molecule has 0 heterocycles. The molecule has 0 aliphatic carbocycles. The van der Waals surface area contributed by atoms with Crippen LogP contribution in [0.25, 0.3) is 0 Å². The average molecular weight is 556 g/mol. The maximum Gasteiger partial charge on any atom is 3.00 e. The molecule has 0 aromatic rings. The zero-order chi connectivity index (χ0) is 10.7. The monoisotopic (exact) mass is 556 g/mol. The normalized spacial score (nSPS) is 4.24. The van der Waals surface area contributed by atoms with E-state index in [1.807, 2.05) is 0 Å². The molecule has 0 saturated carbocycles. The minimum absolute atomic E-state index is 0. The third-order valence-corrected chi connectivity index (χ3v) is 0. The van der Waals surface area contributed by atoms with Crippen LogP contribution < -0.4 is 28.8 Å². The van der Waals surface area contributed by atoms with Crippen molar-refractivity contribution in [3.63, 3.8) is 0 Å². The van der Waals surface area contributed by atoms with Gasteiger partial charge in [0.15, 0.2) is 0 Å². The van der Waals surface area contributed by atoms with Crippen molar-refractivity contribution in [1.82, 2.24) is 0 Å².